The van der Waals surface area contributed by atoms with Crippen molar-refractivity contribution < 1.29 is 22.7 Å². The van der Waals surface area contributed by atoms with E-state index in [4.69, 9.17) is 9.47 Å². The van der Waals surface area contributed by atoms with Gasteiger partial charge in [0.2, 0.25) is 16.8 Å². The second kappa shape index (κ2) is 8.60. The molecule has 32 heavy (non-hydrogen) atoms. The molecular formula is C24H26N2O5S. The van der Waals surface area contributed by atoms with Crippen LogP contribution >= 0.6 is 0 Å². The highest BCUT2D eigenvalue weighted by Gasteiger charge is 2.26. The molecule has 1 N–H and O–H groups in total. The lowest BCUT2D eigenvalue weighted by Crippen LogP contribution is -2.31. The SMILES string of the molecule is O=C(/C=C1\NCCc2cc3c(cc21)OCO3)c1ccc(S(=O)(=O)N2CCCCCC2)cc1. The number of benzene rings is 2. The van der Waals surface area contributed by atoms with Crippen molar-refractivity contribution in [2.45, 2.75) is 37.0 Å². The summed E-state index contributed by atoms with van der Waals surface area (Å²) in [5.41, 5.74) is 3.21. The van der Waals surface area contributed by atoms with Gasteiger partial charge in [0.25, 0.3) is 0 Å². The standard InChI is InChI=1S/C24H26N2O5S/c27-22(15-21-20-14-24-23(30-16-31-24)13-18(20)9-10-25-21)17-5-7-19(8-6-17)32(28,29)26-11-3-1-2-4-12-26/h5-8,13-15,25H,1-4,9-12,16H2/b21-15-. The maximum absolute atomic E-state index is 13.0. The quantitative estimate of drug-likeness (QED) is 0.563. The lowest BCUT2D eigenvalue weighted by molar-refractivity contribution is 0.104. The lowest BCUT2D eigenvalue weighted by atomic mass is 9.96. The van der Waals surface area contributed by atoms with E-state index in [9.17, 15) is 13.2 Å². The van der Waals surface area contributed by atoms with Gasteiger partial charge in [-0.2, -0.15) is 4.31 Å². The number of nitrogens with one attached hydrogen (secondary N) is 1. The Morgan fingerprint density at radius 3 is 2.38 bits per heavy atom. The summed E-state index contributed by atoms with van der Waals surface area (Å²) in [5.74, 6) is 1.23. The third kappa shape index (κ3) is 4.00. The number of ketones is 1. The zero-order valence-corrected chi connectivity index (χ0v) is 18.6. The predicted molar refractivity (Wildman–Crippen MR) is 120 cm³/mol. The maximum atomic E-state index is 13.0. The molecule has 0 aliphatic carbocycles. The molecule has 8 heteroatoms. The molecule has 0 amide bonds. The van der Waals surface area contributed by atoms with Crippen molar-refractivity contribution in [1.82, 2.24) is 9.62 Å². The van der Waals surface area contributed by atoms with E-state index >= 15 is 0 Å². The predicted octanol–water partition coefficient (Wildman–Crippen LogP) is 3.35. The monoisotopic (exact) mass is 454 g/mol. The summed E-state index contributed by atoms with van der Waals surface area (Å²) in [4.78, 5) is 13.2. The van der Waals surface area contributed by atoms with Crippen molar-refractivity contribution in [2.75, 3.05) is 26.4 Å². The summed E-state index contributed by atoms with van der Waals surface area (Å²) in [6.07, 6.45) is 6.30. The van der Waals surface area contributed by atoms with Gasteiger partial charge >= 0.3 is 0 Å². The van der Waals surface area contributed by atoms with Gasteiger partial charge in [0.15, 0.2) is 17.3 Å². The summed E-state index contributed by atoms with van der Waals surface area (Å²) in [7, 11) is -3.53. The summed E-state index contributed by atoms with van der Waals surface area (Å²) >= 11 is 0. The third-order valence-electron chi connectivity index (χ3n) is 6.22. The van der Waals surface area contributed by atoms with Crippen LogP contribution in [0.1, 0.15) is 47.2 Å². The summed E-state index contributed by atoms with van der Waals surface area (Å²) < 4.78 is 38.4. The van der Waals surface area contributed by atoms with Crippen molar-refractivity contribution >= 4 is 21.5 Å². The minimum absolute atomic E-state index is 0.184. The third-order valence-corrected chi connectivity index (χ3v) is 8.13. The Hall–Kier alpha value is -2.84. The minimum Gasteiger partial charge on any atom is -0.454 e. The number of allylic oxidation sites excluding steroid dienone is 1. The first-order valence-corrected chi connectivity index (χ1v) is 12.5. The smallest absolute Gasteiger partial charge is 0.243 e. The summed E-state index contributed by atoms with van der Waals surface area (Å²) in [6, 6.07) is 10.1. The van der Waals surface area contributed by atoms with Crippen molar-refractivity contribution in [3.63, 3.8) is 0 Å². The number of carbonyl (C=O) groups excluding carboxylic acids is 1. The number of carbonyl (C=O) groups is 1. The van der Waals surface area contributed by atoms with E-state index in [-0.39, 0.29) is 17.5 Å². The van der Waals surface area contributed by atoms with E-state index in [0.29, 0.717) is 24.4 Å². The van der Waals surface area contributed by atoms with Gasteiger partial charge in [-0.1, -0.05) is 12.8 Å². The highest BCUT2D eigenvalue weighted by molar-refractivity contribution is 7.89. The van der Waals surface area contributed by atoms with Crippen LogP contribution in [0.5, 0.6) is 11.5 Å². The number of nitrogens with zero attached hydrogens (tertiary/aromatic N) is 1. The van der Waals surface area contributed by atoms with Crippen LogP contribution in [-0.4, -0.2) is 44.9 Å². The zero-order chi connectivity index (χ0) is 22.1. The Bertz CT molecular complexity index is 1160. The normalized spacial score (nSPS) is 19.8. The van der Waals surface area contributed by atoms with Gasteiger partial charge in [0.1, 0.15) is 0 Å². The Morgan fingerprint density at radius 1 is 0.969 bits per heavy atom. The second-order valence-electron chi connectivity index (χ2n) is 8.30. The van der Waals surface area contributed by atoms with Gasteiger partial charge in [0.05, 0.1) is 4.90 Å². The molecular weight excluding hydrogens is 428 g/mol. The Labute approximate surface area is 188 Å². The highest BCUT2D eigenvalue weighted by Crippen LogP contribution is 2.38. The van der Waals surface area contributed by atoms with Gasteiger partial charge in [-0.15, -0.1) is 0 Å². The number of fused-ring (bicyclic) bond motifs is 2. The Balaban J connectivity index is 1.38. The number of ether oxygens (including phenoxy) is 2. The molecule has 0 atom stereocenters. The lowest BCUT2D eigenvalue weighted by Gasteiger charge is -2.21. The Morgan fingerprint density at radius 2 is 1.66 bits per heavy atom. The van der Waals surface area contributed by atoms with Crippen LogP contribution in [0.15, 0.2) is 47.4 Å². The van der Waals surface area contributed by atoms with Crippen LogP contribution in [0.3, 0.4) is 0 Å². The average molecular weight is 455 g/mol. The fraction of sp³-hybridized carbons (Fsp3) is 0.375. The molecule has 0 aromatic heterocycles. The topological polar surface area (TPSA) is 84.9 Å². The maximum Gasteiger partial charge on any atom is 0.243 e. The van der Waals surface area contributed by atoms with Crippen LogP contribution in [-0.2, 0) is 16.4 Å². The number of hydrogen-bond acceptors (Lipinski definition) is 6. The molecule has 0 bridgehead atoms. The molecule has 5 rings (SSSR count). The largest absolute Gasteiger partial charge is 0.454 e. The summed E-state index contributed by atoms with van der Waals surface area (Å²) in [5, 5.41) is 3.29. The van der Waals surface area contributed by atoms with E-state index in [0.717, 1.165) is 61.2 Å². The molecule has 3 aliphatic rings. The number of rotatable bonds is 4. The molecule has 1 fully saturated rings. The molecule has 0 saturated carbocycles. The molecule has 7 nitrogen and oxygen atoms in total. The van der Waals surface area contributed by atoms with Gasteiger partial charge in [-0.05, 0) is 61.2 Å². The molecule has 168 valence electrons. The molecule has 3 aliphatic heterocycles. The van der Waals surface area contributed by atoms with E-state index in [1.807, 2.05) is 12.1 Å². The van der Waals surface area contributed by atoms with Crippen LogP contribution in [0.25, 0.3) is 5.70 Å². The van der Waals surface area contributed by atoms with Crippen LogP contribution in [0.4, 0.5) is 0 Å². The fourth-order valence-corrected chi connectivity index (χ4v) is 5.95. The first-order chi connectivity index (χ1) is 15.5. The van der Waals surface area contributed by atoms with Crippen molar-refractivity contribution in [3.05, 3.63) is 59.2 Å². The average Bonchev–Trinajstić information content (AvgIpc) is 3.07. The minimum atomic E-state index is -3.53. The molecule has 3 heterocycles. The molecule has 2 aromatic carbocycles. The van der Waals surface area contributed by atoms with Crippen molar-refractivity contribution in [2.24, 2.45) is 0 Å². The van der Waals surface area contributed by atoms with Crippen LogP contribution < -0.4 is 14.8 Å². The van der Waals surface area contributed by atoms with Crippen molar-refractivity contribution in [1.29, 1.82) is 0 Å². The Kier molecular flexibility index (Phi) is 5.65. The molecule has 0 spiro atoms. The molecule has 0 radical (unpaired) electrons. The molecule has 0 unspecified atom stereocenters. The van der Waals surface area contributed by atoms with Crippen LogP contribution in [0, 0.1) is 0 Å². The molecule has 1 saturated heterocycles. The van der Waals surface area contributed by atoms with Crippen LogP contribution in [0.2, 0.25) is 0 Å². The van der Waals surface area contributed by atoms with E-state index in [1.54, 1.807) is 22.5 Å². The summed E-state index contributed by atoms with van der Waals surface area (Å²) in [6.45, 7) is 2.03. The highest BCUT2D eigenvalue weighted by atomic mass is 32.2. The van der Waals surface area contributed by atoms with Gasteiger partial charge < -0.3 is 14.8 Å². The second-order valence-corrected chi connectivity index (χ2v) is 10.2. The first-order valence-electron chi connectivity index (χ1n) is 11.1. The first kappa shape index (κ1) is 21.0. The van der Waals surface area contributed by atoms with Gasteiger partial charge in [0, 0.05) is 42.5 Å². The fourth-order valence-electron chi connectivity index (χ4n) is 4.43. The van der Waals surface area contributed by atoms with E-state index in [2.05, 4.69) is 5.32 Å². The number of hydrogen-bond donors (Lipinski definition) is 1. The van der Waals surface area contributed by atoms with Gasteiger partial charge in [-0.3, -0.25) is 4.79 Å². The molecule has 2 aromatic rings. The van der Waals surface area contributed by atoms with Crippen molar-refractivity contribution in [3.8, 4) is 11.5 Å². The van der Waals surface area contributed by atoms with E-state index in [1.165, 1.54) is 12.1 Å². The zero-order valence-electron chi connectivity index (χ0n) is 17.8. The number of sulfonamides is 1. The van der Waals surface area contributed by atoms with E-state index < -0.39 is 10.0 Å². The van der Waals surface area contributed by atoms with Gasteiger partial charge in [-0.25, -0.2) is 8.42 Å².